The van der Waals surface area contributed by atoms with Gasteiger partial charge in [0.2, 0.25) is 0 Å². The summed E-state index contributed by atoms with van der Waals surface area (Å²) >= 11 is 0. The highest BCUT2D eigenvalue weighted by Crippen LogP contribution is 2.35. The predicted octanol–water partition coefficient (Wildman–Crippen LogP) is 3.74. The largest absolute Gasteiger partial charge is 0.398 e. The summed E-state index contributed by atoms with van der Waals surface area (Å²) in [7, 11) is 0. The molecule has 0 atom stereocenters. The van der Waals surface area contributed by atoms with Gasteiger partial charge in [0.15, 0.2) is 0 Å². The summed E-state index contributed by atoms with van der Waals surface area (Å²) in [5.74, 6) is 0. The number of hydrogen-bond donors (Lipinski definition) is 1. The molecular weight excluding hydrogens is 220 g/mol. The number of anilines is 2. The first-order valence-electron chi connectivity index (χ1n) is 7.50. The van der Waals surface area contributed by atoms with Gasteiger partial charge in [-0.3, -0.25) is 0 Å². The van der Waals surface area contributed by atoms with Crippen LogP contribution < -0.4 is 10.6 Å². The predicted molar refractivity (Wildman–Crippen MR) is 78.0 cm³/mol. The first-order valence-corrected chi connectivity index (χ1v) is 7.50. The quantitative estimate of drug-likeness (QED) is 0.602. The van der Waals surface area contributed by atoms with Crippen molar-refractivity contribution in [2.75, 3.05) is 17.2 Å². The van der Waals surface area contributed by atoms with Crippen molar-refractivity contribution in [3.63, 3.8) is 0 Å². The zero-order valence-electron chi connectivity index (χ0n) is 11.2. The second-order valence-corrected chi connectivity index (χ2v) is 5.79. The van der Waals surface area contributed by atoms with Crippen molar-refractivity contribution in [1.29, 1.82) is 0 Å². The minimum atomic E-state index is 0.758. The second-order valence-electron chi connectivity index (χ2n) is 5.79. The minimum absolute atomic E-state index is 0.758. The molecule has 0 unspecified atom stereocenters. The molecule has 98 valence electrons. The Balaban J connectivity index is 1.88. The molecule has 18 heavy (non-hydrogen) atoms. The summed E-state index contributed by atoms with van der Waals surface area (Å²) in [6, 6.07) is 7.20. The maximum Gasteiger partial charge on any atom is 0.0421 e. The van der Waals surface area contributed by atoms with Gasteiger partial charge in [-0.15, -0.1) is 0 Å². The lowest BCUT2D eigenvalue weighted by Crippen LogP contribution is -2.39. The average Bonchev–Trinajstić information content (AvgIpc) is 2.67. The van der Waals surface area contributed by atoms with Gasteiger partial charge in [-0.1, -0.05) is 31.7 Å². The minimum Gasteiger partial charge on any atom is -0.398 e. The van der Waals surface area contributed by atoms with E-state index in [0.717, 1.165) is 18.2 Å². The Hall–Kier alpha value is -1.18. The molecule has 1 aromatic rings. The van der Waals surface area contributed by atoms with E-state index in [1.807, 2.05) is 0 Å². The van der Waals surface area contributed by atoms with E-state index in [-0.39, 0.29) is 0 Å². The van der Waals surface area contributed by atoms with Gasteiger partial charge in [-0.25, -0.2) is 0 Å². The van der Waals surface area contributed by atoms with E-state index in [1.165, 1.54) is 62.7 Å². The van der Waals surface area contributed by atoms with Crippen LogP contribution in [0.1, 0.15) is 50.5 Å². The molecule has 0 aromatic heterocycles. The smallest absolute Gasteiger partial charge is 0.0421 e. The van der Waals surface area contributed by atoms with Crippen LogP contribution in [0.4, 0.5) is 11.4 Å². The topological polar surface area (TPSA) is 29.3 Å². The average molecular weight is 244 g/mol. The number of rotatable bonds is 1. The molecule has 0 amide bonds. The molecule has 2 nitrogen and oxygen atoms in total. The number of nitrogens with two attached hydrogens (primary N) is 1. The van der Waals surface area contributed by atoms with E-state index in [4.69, 9.17) is 5.73 Å². The van der Waals surface area contributed by atoms with Crippen molar-refractivity contribution in [2.24, 2.45) is 0 Å². The molecule has 2 aliphatic rings. The zero-order chi connectivity index (χ0) is 12.4. The first kappa shape index (κ1) is 11.9. The molecule has 2 N–H and O–H groups in total. The Kier molecular flexibility index (Phi) is 3.44. The van der Waals surface area contributed by atoms with E-state index in [9.17, 15) is 0 Å². The number of nitrogens with zero attached hydrogens (tertiary/aromatic N) is 1. The molecule has 1 aliphatic heterocycles. The van der Waals surface area contributed by atoms with Crippen LogP contribution in [0.15, 0.2) is 18.2 Å². The number of nitrogen functional groups attached to an aromatic ring is 1. The highest BCUT2D eigenvalue weighted by Gasteiger charge is 2.25. The standard InChI is InChI=1S/C16H24N2/c17-15-10-5-11-16-14(15)9-6-12-18(16)13-7-3-1-2-4-8-13/h5,10-11,13H,1-4,6-9,12,17H2. The molecule has 1 saturated carbocycles. The Morgan fingerprint density at radius 2 is 1.78 bits per heavy atom. The number of hydrogen-bond acceptors (Lipinski definition) is 2. The first-order chi connectivity index (χ1) is 8.86. The monoisotopic (exact) mass is 244 g/mol. The van der Waals surface area contributed by atoms with Crippen LogP contribution in [-0.2, 0) is 6.42 Å². The fourth-order valence-corrected chi connectivity index (χ4v) is 3.63. The molecule has 2 heteroatoms. The van der Waals surface area contributed by atoms with Crippen molar-refractivity contribution in [3.05, 3.63) is 23.8 Å². The summed E-state index contributed by atoms with van der Waals surface area (Å²) in [6.45, 7) is 1.22. The third-order valence-electron chi connectivity index (χ3n) is 4.59. The highest BCUT2D eigenvalue weighted by molar-refractivity contribution is 5.66. The lowest BCUT2D eigenvalue weighted by molar-refractivity contribution is 0.506. The van der Waals surface area contributed by atoms with Gasteiger partial charge in [0.05, 0.1) is 0 Å². The summed E-state index contributed by atoms with van der Waals surface area (Å²) in [6.07, 6.45) is 10.8. The molecule has 1 heterocycles. The van der Waals surface area contributed by atoms with Gasteiger partial charge < -0.3 is 10.6 Å². The van der Waals surface area contributed by atoms with Crippen molar-refractivity contribution in [1.82, 2.24) is 0 Å². The van der Waals surface area contributed by atoms with Gasteiger partial charge in [0.1, 0.15) is 0 Å². The van der Waals surface area contributed by atoms with Crippen molar-refractivity contribution >= 4 is 11.4 Å². The molecule has 3 rings (SSSR count). The number of fused-ring (bicyclic) bond motifs is 1. The lowest BCUT2D eigenvalue weighted by Gasteiger charge is -2.38. The summed E-state index contributed by atoms with van der Waals surface area (Å²) < 4.78 is 0. The van der Waals surface area contributed by atoms with Crippen LogP contribution in [0, 0.1) is 0 Å². The normalized spacial score (nSPS) is 21.4. The summed E-state index contributed by atoms with van der Waals surface area (Å²) in [5.41, 5.74) is 9.95. The van der Waals surface area contributed by atoms with E-state index >= 15 is 0 Å². The molecule has 1 fully saturated rings. The molecule has 0 saturated heterocycles. The van der Waals surface area contributed by atoms with Crippen molar-refractivity contribution in [3.8, 4) is 0 Å². The van der Waals surface area contributed by atoms with E-state index in [0.29, 0.717) is 0 Å². The van der Waals surface area contributed by atoms with Gasteiger partial charge in [-0.2, -0.15) is 0 Å². The van der Waals surface area contributed by atoms with Crippen molar-refractivity contribution < 1.29 is 0 Å². The Bertz CT molecular complexity index is 406. The Morgan fingerprint density at radius 3 is 2.56 bits per heavy atom. The van der Waals surface area contributed by atoms with Gasteiger partial charge in [0, 0.05) is 24.0 Å². The Morgan fingerprint density at radius 1 is 1.00 bits per heavy atom. The molecule has 1 aliphatic carbocycles. The van der Waals surface area contributed by atoms with Crippen LogP contribution in [0.3, 0.4) is 0 Å². The van der Waals surface area contributed by atoms with Gasteiger partial charge >= 0.3 is 0 Å². The van der Waals surface area contributed by atoms with Gasteiger partial charge in [-0.05, 0) is 43.4 Å². The summed E-state index contributed by atoms with van der Waals surface area (Å²) in [4.78, 5) is 2.65. The zero-order valence-corrected chi connectivity index (χ0v) is 11.2. The van der Waals surface area contributed by atoms with Crippen LogP contribution in [0.2, 0.25) is 0 Å². The fourth-order valence-electron chi connectivity index (χ4n) is 3.63. The van der Waals surface area contributed by atoms with E-state index < -0.39 is 0 Å². The van der Waals surface area contributed by atoms with Crippen LogP contribution in [-0.4, -0.2) is 12.6 Å². The van der Waals surface area contributed by atoms with Crippen LogP contribution in [0.25, 0.3) is 0 Å². The number of benzene rings is 1. The SMILES string of the molecule is Nc1cccc2c1CCCN2C1CCCCCC1. The highest BCUT2D eigenvalue weighted by atomic mass is 15.2. The van der Waals surface area contributed by atoms with Crippen LogP contribution >= 0.6 is 0 Å². The molecule has 0 bridgehead atoms. The molecule has 0 radical (unpaired) electrons. The molecule has 0 spiro atoms. The third-order valence-corrected chi connectivity index (χ3v) is 4.59. The lowest BCUT2D eigenvalue weighted by atomic mass is 9.96. The van der Waals surface area contributed by atoms with E-state index in [1.54, 1.807) is 0 Å². The van der Waals surface area contributed by atoms with Gasteiger partial charge in [0.25, 0.3) is 0 Å². The fraction of sp³-hybridized carbons (Fsp3) is 0.625. The molecule has 1 aromatic carbocycles. The third kappa shape index (κ3) is 2.21. The van der Waals surface area contributed by atoms with Crippen molar-refractivity contribution in [2.45, 2.75) is 57.4 Å². The second kappa shape index (κ2) is 5.21. The molecular formula is C16H24N2. The maximum atomic E-state index is 6.14. The Labute approximate surface area is 110 Å². The summed E-state index contributed by atoms with van der Waals surface area (Å²) in [5, 5.41) is 0. The van der Waals surface area contributed by atoms with E-state index in [2.05, 4.69) is 23.1 Å². The van der Waals surface area contributed by atoms with Crippen LogP contribution in [0.5, 0.6) is 0 Å². The maximum absolute atomic E-state index is 6.14.